The molecule has 0 amide bonds. The average molecular weight is 391 g/mol. The number of phenolic OH excluding ortho intramolecular Hbond substituents is 1. The molecule has 0 fully saturated rings. The molecule has 0 saturated carbocycles. The number of halogens is 2. The van der Waals surface area contributed by atoms with Crippen LogP contribution in [0.4, 0.5) is 0 Å². The van der Waals surface area contributed by atoms with Crippen LogP contribution in [-0.2, 0) is 4.74 Å². The second-order valence-electron chi connectivity index (χ2n) is 3.52. The molecule has 100 valence electrons. The summed E-state index contributed by atoms with van der Waals surface area (Å²) in [5.41, 5.74) is 0.642. The molecule has 1 aromatic carbocycles. The fraction of sp³-hybridized carbons (Fsp3) is 0.182. The molecule has 19 heavy (non-hydrogen) atoms. The van der Waals surface area contributed by atoms with E-state index in [2.05, 4.69) is 47.0 Å². The van der Waals surface area contributed by atoms with Crippen LogP contribution in [0.2, 0.25) is 0 Å². The lowest BCUT2D eigenvalue weighted by atomic mass is 10.2. The number of aromatic amines is 1. The number of ether oxygens (including phenoxy) is 1. The summed E-state index contributed by atoms with van der Waals surface area (Å²) in [6, 6.07) is 3.30. The maximum absolute atomic E-state index is 11.5. The normalized spacial score (nSPS) is 10.5. The molecule has 0 saturated heterocycles. The summed E-state index contributed by atoms with van der Waals surface area (Å²) in [5, 5.41) is 16.1. The number of H-pyrrole nitrogens is 1. The molecule has 0 bridgehead atoms. The van der Waals surface area contributed by atoms with Gasteiger partial charge in [-0.25, -0.2) is 9.78 Å². The number of aromatic nitrogens is 3. The third-order valence-electron chi connectivity index (χ3n) is 2.23. The van der Waals surface area contributed by atoms with Crippen LogP contribution in [-0.4, -0.2) is 32.9 Å². The van der Waals surface area contributed by atoms with Crippen molar-refractivity contribution < 1.29 is 14.6 Å². The maximum Gasteiger partial charge on any atom is 0.375 e. The van der Waals surface area contributed by atoms with Crippen LogP contribution in [0, 0.1) is 0 Å². The highest BCUT2D eigenvalue weighted by Crippen LogP contribution is 2.35. The van der Waals surface area contributed by atoms with Crippen LogP contribution in [0.25, 0.3) is 11.4 Å². The third kappa shape index (κ3) is 2.95. The lowest BCUT2D eigenvalue weighted by Crippen LogP contribution is -2.06. The zero-order chi connectivity index (χ0) is 14.0. The molecule has 0 aliphatic rings. The van der Waals surface area contributed by atoms with Gasteiger partial charge in [-0.05, 0) is 50.9 Å². The molecule has 0 spiro atoms. The van der Waals surface area contributed by atoms with Gasteiger partial charge in [-0.15, -0.1) is 0 Å². The largest absolute Gasteiger partial charge is 0.506 e. The summed E-state index contributed by atoms with van der Waals surface area (Å²) >= 11 is 6.43. The van der Waals surface area contributed by atoms with E-state index >= 15 is 0 Å². The minimum absolute atomic E-state index is 0.0390. The van der Waals surface area contributed by atoms with Crippen molar-refractivity contribution in [1.29, 1.82) is 0 Å². The van der Waals surface area contributed by atoms with Gasteiger partial charge in [0.2, 0.25) is 5.82 Å². The van der Waals surface area contributed by atoms with Crippen molar-refractivity contribution in [3.63, 3.8) is 0 Å². The van der Waals surface area contributed by atoms with Crippen molar-refractivity contribution in [2.45, 2.75) is 6.92 Å². The monoisotopic (exact) mass is 389 g/mol. The number of hydrogen-bond donors (Lipinski definition) is 2. The molecular formula is C11H9Br2N3O3. The standard InChI is InChI=1S/C11H9Br2N3O3/c1-2-19-11(18)10-14-9(15-16-10)5-3-6(12)8(17)7(13)4-5/h3-4,17H,2H2,1H3,(H,14,15,16). The second-order valence-corrected chi connectivity index (χ2v) is 5.23. The zero-order valence-electron chi connectivity index (χ0n) is 9.78. The molecule has 1 heterocycles. The Hall–Kier alpha value is -1.41. The highest BCUT2D eigenvalue weighted by molar-refractivity contribution is 9.11. The summed E-state index contributed by atoms with van der Waals surface area (Å²) < 4.78 is 5.81. The predicted molar refractivity (Wildman–Crippen MR) is 74.8 cm³/mol. The molecule has 2 rings (SSSR count). The average Bonchev–Trinajstić information content (AvgIpc) is 2.85. The van der Waals surface area contributed by atoms with Crippen LogP contribution in [0.1, 0.15) is 17.5 Å². The van der Waals surface area contributed by atoms with E-state index in [1.165, 1.54) is 0 Å². The van der Waals surface area contributed by atoms with Gasteiger partial charge in [0.25, 0.3) is 0 Å². The fourth-order valence-corrected chi connectivity index (χ4v) is 2.56. The van der Waals surface area contributed by atoms with Gasteiger partial charge in [-0.3, -0.25) is 5.10 Å². The first kappa shape index (κ1) is 14.0. The van der Waals surface area contributed by atoms with Crippen molar-refractivity contribution in [1.82, 2.24) is 15.2 Å². The van der Waals surface area contributed by atoms with E-state index in [1.54, 1.807) is 19.1 Å². The van der Waals surface area contributed by atoms with Crippen molar-refractivity contribution in [2.24, 2.45) is 0 Å². The highest BCUT2D eigenvalue weighted by atomic mass is 79.9. The van der Waals surface area contributed by atoms with E-state index < -0.39 is 5.97 Å². The first-order valence-electron chi connectivity index (χ1n) is 5.30. The van der Waals surface area contributed by atoms with Crippen molar-refractivity contribution in [3.05, 3.63) is 26.9 Å². The van der Waals surface area contributed by atoms with Crippen LogP contribution in [0.5, 0.6) is 5.75 Å². The van der Waals surface area contributed by atoms with E-state index in [1.807, 2.05) is 0 Å². The number of carbonyl (C=O) groups is 1. The third-order valence-corrected chi connectivity index (χ3v) is 3.44. The Bertz CT molecular complexity index is 604. The van der Waals surface area contributed by atoms with Gasteiger partial charge in [0.05, 0.1) is 15.6 Å². The Balaban J connectivity index is 2.35. The summed E-state index contributed by atoms with van der Waals surface area (Å²) in [7, 11) is 0. The Kier molecular flexibility index (Phi) is 4.20. The van der Waals surface area contributed by atoms with Crippen molar-refractivity contribution in [2.75, 3.05) is 6.61 Å². The SMILES string of the molecule is CCOC(=O)c1nc(-c2cc(Br)c(O)c(Br)c2)n[nH]1. The van der Waals surface area contributed by atoms with Gasteiger partial charge in [-0.1, -0.05) is 0 Å². The Morgan fingerprint density at radius 1 is 1.42 bits per heavy atom. The molecular weight excluding hydrogens is 382 g/mol. The highest BCUT2D eigenvalue weighted by Gasteiger charge is 2.15. The topological polar surface area (TPSA) is 88.1 Å². The maximum atomic E-state index is 11.5. The number of esters is 1. The van der Waals surface area contributed by atoms with E-state index in [9.17, 15) is 9.90 Å². The van der Waals surface area contributed by atoms with Gasteiger partial charge in [0, 0.05) is 5.56 Å². The van der Waals surface area contributed by atoms with Gasteiger partial charge >= 0.3 is 5.97 Å². The van der Waals surface area contributed by atoms with Crippen molar-refractivity contribution >= 4 is 37.8 Å². The number of phenols is 1. The van der Waals surface area contributed by atoms with E-state index in [0.717, 1.165) is 0 Å². The number of aromatic hydroxyl groups is 1. The summed E-state index contributed by atoms with van der Waals surface area (Å²) in [6.07, 6.45) is 0. The molecule has 2 N–H and O–H groups in total. The van der Waals surface area contributed by atoms with E-state index in [4.69, 9.17) is 4.74 Å². The second kappa shape index (κ2) is 5.70. The van der Waals surface area contributed by atoms with Crippen LogP contribution >= 0.6 is 31.9 Å². The molecule has 6 nitrogen and oxygen atoms in total. The molecule has 8 heteroatoms. The summed E-state index contributed by atoms with van der Waals surface area (Å²) in [6.45, 7) is 1.98. The van der Waals surface area contributed by atoms with E-state index in [-0.39, 0.29) is 18.2 Å². The molecule has 0 aliphatic heterocycles. The summed E-state index contributed by atoms with van der Waals surface area (Å²) in [4.78, 5) is 15.5. The molecule has 0 atom stereocenters. The van der Waals surface area contributed by atoms with Crippen LogP contribution in [0.3, 0.4) is 0 Å². The first-order valence-corrected chi connectivity index (χ1v) is 6.89. The summed E-state index contributed by atoms with van der Waals surface area (Å²) in [5.74, 6) is -0.0929. The van der Waals surface area contributed by atoms with Gasteiger partial charge in [-0.2, -0.15) is 5.10 Å². The van der Waals surface area contributed by atoms with Crippen molar-refractivity contribution in [3.8, 4) is 17.1 Å². The Labute approximate surface area is 125 Å². The minimum atomic E-state index is -0.557. The first-order chi connectivity index (χ1) is 9.02. The van der Waals surface area contributed by atoms with E-state index in [0.29, 0.717) is 20.3 Å². The Morgan fingerprint density at radius 2 is 2.05 bits per heavy atom. The number of rotatable bonds is 3. The molecule has 1 aromatic heterocycles. The Morgan fingerprint density at radius 3 is 2.63 bits per heavy atom. The van der Waals surface area contributed by atoms with Gasteiger partial charge in [0.1, 0.15) is 5.75 Å². The molecule has 2 aromatic rings. The zero-order valence-corrected chi connectivity index (χ0v) is 12.9. The lowest BCUT2D eigenvalue weighted by Gasteiger charge is -2.02. The molecule has 0 unspecified atom stereocenters. The van der Waals surface area contributed by atoms with Crippen LogP contribution in [0.15, 0.2) is 21.1 Å². The quantitative estimate of drug-likeness (QED) is 0.786. The smallest absolute Gasteiger partial charge is 0.375 e. The predicted octanol–water partition coefficient (Wildman–Crippen LogP) is 2.88. The minimum Gasteiger partial charge on any atom is -0.506 e. The molecule has 0 aliphatic carbocycles. The number of nitrogens with one attached hydrogen (secondary N) is 1. The fourth-order valence-electron chi connectivity index (χ4n) is 1.38. The lowest BCUT2D eigenvalue weighted by molar-refractivity contribution is 0.0512. The number of nitrogens with zero attached hydrogens (tertiary/aromatic N) is 2. The van der Waals surface area contributed by atoms with Gasteiger partial charge < -0.3 is 9.84 Å². The van der Waals surface area contributed by atoms with Gasteiger partial charge in [0.15, 0.2) is 5.82 Å². The molecule has 0 radical (unpaired) electrons. The van der Waals surface area contributed by atoms with Crippen LogP contribution < -0.4 is 0 Å². The number of carbonyl (C=O) groups excluding carboxylic acids is 1. The number of benzene rings is 1. The number of hydrogen-bond acceptors (Lipinski definition) is 5.